The highest BCUT2D eigenvalue weighted by molar-refractivity contribution is 4.91. The molecular weight excluding hydrogens is 328 g/mol. The lowest BCUT2D eigenvalue weighted by Gasteiger charge is -2.49. The second kappa shape index (κ2) is 9.86. The molecule has 4 heteroatoms. The molecule has 4 nitrogen and oxygen atoms in total. The predicted octanol–water partition coefficient (Wildman–Crippen LogP) is 7.12. The van der Waals surface area contributed by atoms with Crippen molar-refractivity contribution < 1.29 is 19.6 Å². The first-order chi connectivity index (χ1) is 12.2. The molecule has 0 amide bonds. The Hall–Kier alpha value is -0.160. The van der Waals surface area contributed by atoms with E-state index in [1.807, 2.05) is 0 Å². The molecule has 26 heavy (non-hydrogen) atoms. The van der Waals surface area contributed by atoms with Crippen LogP contribution in [0.15, 0.2) is 0 Å². The van der Waals surface area contributed by atoms with Crippen molar-refractivity contribution in [1.29, 1.82) is 0 Å². The van der Waals surface area contributed by atoms with Gasteiger partial charge < -0.3 is 0 Å². The van der Waals surface area contributed by atoms with Crippen molar-refractivity contribution in [3.05, 3.63) is 0 Å². The molecule has 0 spiro atoms. The van der Waals surface area contributed by atoms with Gasteiger partial charge >= 0.3 is 0 Å². The van der Waals surface area contributed by atoms with Gasteiger partial charge in [0.15, 0.2) is 0 Å². The summed E-state index contributed by atoms with van der Waals surface area (Å²) in [5.41, 5.74) is -0.699. The quantitative estimate of drug-likeness (QED) is 0.208. The van der Waals surface area contributed by atoms with Gasteiger partial charge in [-0.3, -0.25) is 0 Å². The maximum absolute atomic E-state index is 6.21. The summed E-state index contributed by atoms with van der Waals surface area (Å²) < 4.78 is 0. The van der Waals surface area contributed by atoms with E-state index in [1.165, 1.54) is 6.42 Å². The van der Waals surface area contributed by atoms with E-state index in [0.29, 0.717) is 0 Å². The first-order valence-electron chi connectivity index (χ1n) is 11.0. The number of hydrogen-bond donors (Lipinski definition) is 0. The van der Waals surface area contributed by atoms with E-state index in [-0.39, 0.29) is 16.6 Å². The predicted molar refractivity (Wildman–Crippen MR) is 107 cm³/mol. The van der Waals surface area contributed by atoms with Gasteiger partial charge in [-0.05, 0) is 51.4 Å². The first-order valence-corrected chi connectivity index (χ1v) is 11.0. The second-order valence-electron chi connectivity index (χ2n) is 8.66. The molecule has 1 fully saturated rings. The zero-order valence-electron chi connectivity index (χ0n) is 18.7. The Labute approximate surface area is 162 Å². The van der Waals surface area contributed by atoms with Crippen LogP contribution in [0.1, 0.15) is 120 Å². The maximum atomic E-state index is 6.21. The minimum absolute atomic E-state index is 0.173. The lowest BCUT2D eigenvalue weighted by Crippen LogP contribution is -2.54. The number of hydrogen-bond acceptors (Lipinski definition) is 4. The van der Waals surface area contributed by atoms with Crippen LogP contribution in [-0.2, 0) is 19.6 Å². The van der Waals surface area contributed by atoms with Gasteiger partial charge in [0.1, 0.15) is 11.2 Å². The average Bonchev–Trinajstić information content (AvgIpc) is 2.66. The van der Waals surface area contributed by atoms with Gasteiger partial charge in [-0.1, -0.05) is 61.8 Å². The van der Waals surface area contributed by atoms with E-state index in [0.717, 1.165) is 57.8 Å². The van der Waals surface area contributed by atoms with Gasteiger partial charge in [0.05, 0.1) is 0 Å². The van der Waals surface area contributed by atoms with E-state index >= 15 is 0 Å². The molecule has 0 unspecified atom stereocenters. The minimum Gasteiger partial charge on any atom is -0.227 e. The zero-order valence-corrected chi connectivity index (χ0v) is 18.7. The molecule has 0 radical (unpaired) electrons. The van der Waals surface area contributed by atoms with Gasteiger partial charge in [0.2, 0.25) is 5.79 Å². The molecule has 0 heterocycles. The maximum Gasteiger partial charge on any atom is 0.238 e. The molecule has 0 N–H and O–H groups in total. The third-order valence-corrected chi connectivity index (χ3v) is 7.16. The highest BCUT2D eigenvalue weighted by Gasteiger charge is 2.54. The van der Waals surface area contributed by atoms with Gasteiger partial charge in [-0.15, -0.1) is 0 Å². The molecule has 156 valence electrons. The molecule has 0 saturated heterocycles. The molecule has 1 rings (SSSR count). The van der Waals surface area contributed by atoms with E-state index in [2.05, 4.69) is 55.4 Å². The Bertz CT molecular complexity index is 356. The van der Waals surface area contributed by atoms with Gasteiger partial charge in [-0.2, -0.15) is 9.78 Å². The molecule has 0 aliphatic heterocycles. The summed E-state index contributed by atoms with van der Waals surface area (Å²) in [5, 5.41) is 0. The summed E-state index contributed by atoms with van der Waals surface area (Å²) >= 11 is 0. The third kappa shape index (κ3) is 5.01. The highest BCUT2D eigenvalue weighted by atomic mass is 17.3. The molecular formula is C22H44O4. The van der Waals surface area contributed by atoms with Crippen LogP contribution in [0.5, 0.6) is 0 Å². The Morgan fingerprint density at radius 1 is 0.615 bits per heavy atom. The smallest absolute Gasteiger partial charge is 0.227 e. The van der Waals surface area contributed by atoms with Crippen molar-refractivity contribution in [3.63, 3.8) is 0 Å². The van der Waals surface area contributed by atoms with Crippen LogP contribution in [0.25, 0.3) is 0 Å². The Kier molecular flexibility index (Phi) is 9.06. The summed E-state index contributed by atoms with van der Waals surface area (Å²) in [6.45, 7) is 17.3. The van der Waals surface area contributed by atoms with E-state index < -0.39 is 5.79 Å². The standard InChI is InChI=1S/C22H44O4/c1-9-20(10-2,11-3)23-25-22(18-16-15-17-19(22,7)8)26-24-21(12-4,13-5)14-6/h9-18H2,1-8H3. The van der Waals surface area contributed by atoms with Crippen LogP contribution in [0.4, 0.5) is 0 Å². The summed E-state index contributed by atoms with van der Waals surface area (Å²) in [6.07, 6.45) is 9.57. The molecule has 0 bridgehead atoms. The topological polar surface area (TPSA) is 36.9 Å². The molecule has 1 saturated carbocycles. The average molecular weight is 373 g/mol. The van der Waals surface area contributed by atoms with Crippen molar-refractivity contribution in [1.82, 2.24) is 0 Å². The van der Waals surface area contributed by atoms with Crippen molar-refractivity contribution in [2.24, 2.45) is 5.41 Å². The molecule has 0 aromatic heterocycles. The largest absolute Gasteiger partial charge is 0.238 e. The van der Waals surface area contributed by atoms with E-state index in [1.54, 1.807) is 0 Å². The number of rotatable bonds is 12. The first kappa shape index (κ1) is 23.9. The molecule has 0 aromatic rings. The molecule has 0 aromatic carbocycles. The lowest BCUT2D eigenvalue weighted by molar-refractivity contribution is -0.572. The Morgan fingerprint density at radius 3 is 1.27 bits per heavy atom. The van der Waals surface area contributed by atoms with Crippen LogP contribution < -0.4 is 0 Å². The van der Waals surface area contributed by atoms with Crippen molar-refractivity contribution in [2.45, 2.75) is 137 Å². The second-order valence-corrected chi connectivity index (χ2v) is 8.66. The van der Waals surface area contributed by atoms with Crippen LogP contribution >= 0.6 is 0 Å². The fourth-order valence-electron chi connectivity index (χ4n) is 3.94. The summed E-state index contributed by atoms with van der Waals surface area (Å²) in [6, 6.07) is 0. The van der Waals surface area contributed by atoms with E-state index in [4.69, 9.17) is 19.6 Å². The van der Waals surface area contributed by atoms with Gasteiger partial charge in [-0.25, -0.2) is 9.78 Å². The normalized spacial score (nSPS) is 20.3. The van der Waals surface area contributed by atoms with Gasteiger partial charge in [0, 0.05) is 11.8 Å². The SMILES string of the molecule is CCC(CC)(CC)OOC1(OOC(CC)(CC)CC)CCCCC1(C)C. The molecule has 0 atom stereocenters. The lowest BCUT2D eigenvalue weighted by atomic mass is 9.72. The zero-order chi connectivity index (χ0) is 19.9. The Balaban J connectivity index is 3.04. The highest BCUT2D eigenvalue weighted by Crippen LogP contribution is 2.49. The summed E-state index contributed by atoms with van der Waals surface area (Å²) in [5.74, 6) is -0.860. The van der Waals surface area contributed by atoms with Crippen LogP contribution in [-0.4, -0.2) is 17.0 Å². The van der Waals surface area contributed by atoms with Crippen molar-refractivity contribution in [3.8, 4) is 0 Å². The fraction of sp³-hybridized carbons (Fsp3) is 1.00. The minimum atomic E-state index is -0.860. The Morgan fingerprint density at radius 2 is 0.962 bits per heavy atom. The van der Waals surface area contributed by atoms with Crippen molar-refractivity contribution >= 4 is 0 Å². The monoisotopic (exact) mass is 372 g/mol. The van der Waals surface area contributed by atoms with Crippen LogP contribution in [0, 0.1) is 5.41 Å². The van der Waals surface area contributed by atoms with Gasteiger partial charge in [0.25, 0.3) is 0 Å². The fourth-order valence-corrected chi connectivity index (χ4v) is 3.94. The van der Waals surface area contributed by atoms with Crippen molar-refractivity contribution in [2.75, 3.05) is 0 Å². The summed E-state index contributed by atoms with van der Waals surface area (Å²) in [4.78, 5) is 24.6. The van der Waals surface area contributed by atoms with Crippen LogP contribution in [0.2, 0.25) is 0 Å². The third-order valence-electron chi connectivity index (χ3n) is 7.16. The van der Waals surface area contributed by atoms with E-state index in [9.17, 15) is 0 Å². The molecule has 1 aliphatic rings. The molecule has 1 aliphatic carbocycles. The van der Waals surface area contributed by atoms with Crippen LogP contribution in [0.3, 0.4) is 0 Å². The summed E-state index contributed by atoms with van der Waals surface area (Å²) in [7, 11) is 0.